The number of nitrogens with zero attached hydrogens (tertiary/aromatic N) is 4. The summed E-state index contributed by atoms with van der Waals surface area (Å²) in [6.45, 7) is 3.67. The summed E-state index contributed by atoms with van der Waals surface area (Å²) in [5.74, 6) is 0. The molecule has 0 spiro atoms. The number of pyridine rings is 2. The van der Waals surface area contributed by atoms with Crippen LogP contribution >= 0.6 is 0 Å². The average molecular weight is 346 g/mol. The van der Waals surface area contributed by atoms with Crippen LogP contribution in [0.25, 0.3) is 0 Å². The van der Waals surface area contributed by atoms with Crippen molar-refractivity contribution >= 4 is 0 Å². The first kappa shape index (κ1) is 18.2. The molecule has 0 aliphatic heterocycles. The topological polar surface area (TPSA) is 32.3 Å². The Kier molecular flexibility index (Phi) is 6.47. The van der Waals surface area contributed by atoms with Crippen LogP contribution in [0.2, 0.25) is 0 Å². The highest BCUT2D eigenvalue weighted by atomic mass is 15.1. The zero-order chi connectivity index (χ0) is 18.2. The van der Waals surface area contributed by atoms with Gasteiger partial charge in [0.2, 0.25) is 0 Å². The Morgan fingerprint density at radius 3 is 1.31 bits per heavy atom. The lowest BCUT2D eigenvalue weighted by Gasteiger charge is -2.18. The number of rotatable bonds is 8. The van der Waals surface area contributed by atoms with E-state index in [1.54, 1.807) is 0 Å². The second-order valence-electron chi connectivity index (χ2n) is 6.88. The molecule has 0 unspecified atom stereocenters. The number of aromatic nitrogens is 2. The summed E-state index contributed by atoms with van der Waals surface area (Å²) in [6.07, 6.45) is 7.48. The smallest absolute Gasteiger partial charge is 0.0312 e. The lowest BCUT2D eigenvalue weighted by Crippen LogP contribution is -2.18. The largest absolute Gasteiger partial charge is 0.298 e. The Labute approximate surface area is 156 Å². The number of hydrogen-bond donors (Lipinski definition) is 0. The van der Waals surface area contributed by atoms with Crippen LogP contribution in [0.4, 0.5) is 0 Å². The molecule has 2 heterocycles. The van der Waals surface area contributed by atoms with Crippen LogP contribution in [0.1, 0.15) is 22.3 Å². The summed E-state index contributed by atoms with van der Waals surface area (Å²) in [7, 11) is 4.28. The van der Waals surface area contributed by atoms with E-state index in [-0.39, 0.29) is 0 Å². The lowest BCUT2D eigenvalue weighted by molar-refractivity contribution is 0.316. The standard InChI is InChI=1S/C22H26N4/c1-25(17-21-5-3-11-23-13-21)15-19-7-9-20(10-8-19)16-26(2)18-22-6-4-12-24-14-22/h3-14H,15-18H2,1-2H3. The third-order valence-electron chi connectivity index (χ3n) is 4.28. The van der Waals surface area contributed by atoms with Crippen molar-refractivity contribution in [3.63, 3.8) is 0 Å². The number of benzene rings is 1. The molecule has 0 radical (unpaired) electrons. The van der Waals surface area contributed by atoms with E-state index in [2.05, 4.69) is 70.3 Å². The molecule has 0 atom stereocenters. The van der Waals surface area contributed by atoms with E-state index in [1.807, 2.05) is 36.9 Å². The van der Waals surface area contributed by atoms with Crippen LogP contribution in [0.3, 0.4) is 0 Å². The second kappa shape index (κ2) is 9.22. The minimum atomic E-state index is 0.906. The van der Waals surface area contributed by atoms with Gasteiger partial charge in [0.05, 0.1) is 0 Å². The third kappa shape index (κ3) is 5.76. The summed E-state index contributed by atoms with van der Waals surface area (Å²) < 4.78 is 0. The first-order valence-corrected chi connectivity index (χ1v) is 8.92. The van der Waals surface area contributed by atoms with Gasteiger partial charge in [-0.05, 0) is 48.5 Å². The fraction of sp³-hybridized carbons (Fsp3) is 0.273. The van der Waals surface area contributed by atoms with E-state index in [1.165, 1.54) is 22.3 Å². The minimum absolute atomic E-state index is 0.906. The third-order valence-corrected chi connectivity index (χ3v) is 4.28. The van der Waals surface area contributed by atoms with Crippen molar-refractivity contribution in [1.29, 1.82) is 0 Å². The van der Waals surface area contributed by atoms with Crippen molar-refractivity contribution in [3.8, 4) is 0 Å². The molecule has 26 heavy (non-hydrogen) atoms. The monoisotopic (exact) mass is 346 g/mol. The highest BCUT2D eigenvalue weighted by Crippen LogP contribution is 2.12. The maximum atomic E-state index is 4.18. The maximum absolute atomic E-state index is 4.18. The summed E-state index contributed by atoms with van der Waals surface area (Å²) >= 11 is 0. The van der Waals surface area contributed by atoms with Gasteiger partial charge in [-0.25, -0.2) is 0 Å². The molecule has 3 rings (SSSR count). The maximum Gasteiger partial charge on any atom is 0.0312 e. The van der Waals surface area contributed by atoms with Crippen LogP contribution in [0, 0.1) is 0 Å². The van der Waals surface area contributed by atoms with Crippen LogP contribution in [-0.4, -0.2) is 33.9 Å². The fourth-order valence-corrected chi connectivity index (χ4v) is 3.09. The Bertz CT molecular complexity index is 704. The molecular formula is C22H26N4. The molecular weight excluding hydrogens is 320 g/mol. The molecule has 3 aromatic rings. The molecule has 0 fully saturated rings. The van der Waals surface area contributed by atoms with E-state index in [4.69, 9.17) is 0 Å². The highest BCUT2D eigenvalue weighted by molar-refractivity contribution is 5.23. The summed E-state index contributed by atoms with van der Waals surface area (Å²) in [5.41, 5.74) is 5.14. The van der Waals surface area contributed by atoms with Gasteiger partial charge in [-0.15, -0.1) is 0 Å². The van der Waals surface area contributed by atoms with Gasteiger partial charge >= 0.3 is 0 Å². The fourth-order valence-electron chi connectivity index (χ4n) is 3.09. The van der Waals surface area contributed by atoms with Crippen LogP contribution < -0.4 is 0 Å². The molecule has 134 valence electrons. The van der Waals surface area contributed by atoms with Gasteiger partial charge in [0.15, 0.2) is 0 Å². The molecule has 1 aromatic carbocycles. The second-order valence-corrected chi connectivity index (χ2v) is 6.88. The van der Waals surface area contributed by atoms with E-state index in [9.17, 15) is 0 Å². The summed E-state index contributed by atoms with van der Waals surface area (Å²) in [6, 6.07) is 17.1. The van der Waals surface area contributed by atoms with E-state index < -0.39 is 0 Å². The van der Waals surface area contributed by atoms with Gasteiger partial charge in [0.25, 0.3) is 0 Å². The molecule has 4 nitrogen and oxygen atoms in total. The van der Waals surface area contributed by atoms with E-state index in [0.29, 0.717) is 0 Å². The quantitative estimate of drug-likeness (QED) is 0.622. The van der Waals surface area contributed by atoms with E-state index in [0.717, 1.165) is 26.2 Å². The molecule has 0 N–H and O–H groups in total. The van der Waals surface area contributed by atoms with Crippen molar-refractivity contribution in [3.05, 3.63) is 95.6 Å². The molecule has 2 aromatic heterocycles. The van der Waals surface area contributed by atoms with Crippen LogP contribution in [-0.2, 0) is 26.2 Å². The predicted molar refractivity (Wildman–Crippen MR) is 105 cm³/mol. The summed E-state index contributed by atoms with van der Waals surface area (Å²) in [4.78, 5) is 13.0. The first-order valence-electron chi connectivity index (χ1n) is 8.92. The van der Waals surface area contributed by atoms with Gasteiger partial charge in [0.1, 0.15) is 0 Å². The molecule has 0 aliphatic carbocycles. The zero-order valence-electron chi connectivity index (χ0n) is 15.5. The van der Waals surface area contributed by atoms with Crippen LogP contribution in [0.5, 0.6) is 0 Å². The van der Waals surface area contributed by atoms with Crippen molar-refractivity contribution in [2.75, 3.05) is 14.1 Å². The van der Waals surface area contributed by atoms with Gasteiger partial charge in [-0.2, -0.15) is 0 Å². The van der Waals surface area contributed by atoms with Crippen molar-refractivity contribution in [2.45, 2.75) is 26.2 Å². The summed E-state index contributed by atoms with van der Waals surface area (Å²) in [5, 5.41) is 0. The minimum Gasteiger partial charge on any atom is -0.298 e. The molecule has 0 saturated carbocycles. The Morgan fingerprint density at radius 1 is 0.577 bits per heavy atom. The lowest BCUT2D eigenvalue weighted by atomic mass is 10.1. The zero-order valence-corrected chi connectivity index (χ0v) is 15.5. The Hall–Kier alpha value is -2.56. The average Bonchev–Trinajstić information content (AvgIpc) is 2.65. The highest BCUT2D eigenvalue weighted by Gasteiger charge is 2.05. The predicted octanol–water partition coefficient (Wildman–Crippen LogP) is 3.74. The van der Waals surface area contributed by atoms with Gasteiger partial charge < -0.3 is 0 Å². The SMILES string of the molecule is CN(Cc1ccc(CN(C)Cc2cccnc2)cc1)Cc1cccnc1. The molecule has 0 bridgehead atoms. The van der Waals surface area contributed by atoms with Gasteiger partial charge in [0, 0.05) is 51.0 Å². The van der Waals surface area contributed by atoms with Crippen LogP contribution in [0.15, 0.2) is 73.3 Å². The van der Waals surface area contributed by atoms with Crippen molar-refractivity contribution < 1.29 is 0 Å². The first-order chi connectivity index (χ1) is 12.7. The Balaban J connectivity index is 1.50. The number of hydrogen-bond acceptors (Lipinski definition) is 4. The van der Waals surface area contributed by atoms with Gasteiger partial charge in [-0.1, -0.05) is 36.4 Å². The molecule has 0 saturated heterocycles. The molecule has 4 heteroatoms. The molecule has 0 aliphatic rings. The Morgan fingerprint density at radius 2 is 0.962 bits per heavy atom. The van der Waals surface area contributed by atoms with E-state index >= 15 is 0 Å². The van der Waals surface area contributed by atoms with Crippen molar-refractivity contribution in [1.82, 2.24) is 19.8 Å². The van der Waals surface area contributed by atoms with Crippen molar-refractivity contribution in [2.24, 2.45) is 0 Å². The van der Waals surface area contributed by atoms with Gasteiger partial charge in [-0.3, -0.25) is 19.8 Å². The molecule has 0 amide bonds. The normalized spacial score (nSPS) is 11.2.